The van der Waals surface area contributed by atoms with Crippen molar-refractivity contribution in [3.8, 4) is 28.6 Å². The minimum absolute atomic E-state index is 0.0474. The third kappa shape index (κ3) is 5.17. The van der Waals surface area contributed by atoms with Gasteiger partial charge >= 0.3 is 0 Å². The van der Waals surface area contributed by atoms with E-state index in [0.717, 1.165) is 0 Å². The number of thioether (sulfide) groups is 1. The van der Waals surface area contributed by atoms with Gasteiger partial charge in [-0.05, 0) is 31.2 Å². The number of carbonyl (C=O) groups is 1. The number of hydrogen-bond donors (Lipinski definition) is 1. The third-order valence-corrected chi connectivity index (χ3v) is 5.89. The van der Waals surface area contributed by atoms with Crippen molar-refractivity contribution in [1.29, 1.82) is 0 Å². The molecule has 0 aliphatic heterocycles. The summed E-state index contributed by atoms with van der Waals surface area (Å²) in [6.07, 6.45) is 0. The summed E-state index contributed by atoms with van der Waals surface area (Å²) in [6, 6.07) is 9.17. The molecule has 11 nitrogen and oxygen atoms in total. The van der Waals surface area contributed by atoms with E-state index < -0.39 is 10.2 Å². The van der Waals surface area contributed by atoms with Crippen molar-refractivity contribution in [3.63, 3.8) is 0 Å². The van der Waals surface area contributed by atoms with Gasteiger partial charge in [0.1, 0.15) is 0 Å². The topological polar surface area (TPSA) is 131 Å². The van der Waals surface area contributed by atoms with Crippen LogP contribution in [0, 0.1) is 10.1 Å². The van der Waals surface area contributed by atoms with Gasteiger partial charge in [-0.25, -0.2) is 0 Å². The van der Waals surface area contributed by atoms with Gasteiger partial charge in [0.15, 0.2) is 22.5 Å². The Balaban J connectivity index is 1.77. The molecule has 174 valence electrons. The van der Waals surface area contributed by atoms with Gasteiger partial charge in [0.05, 0.1) is 31.5 Å². The molecule has 1 heterocycles. The maximum atomic E-state index is 12.6. The van der Waals surface area contributed by atoms with E-state index in [1.807, 2.05) is 0 Å². The molecule has 3 rings (SSSR count). The second-order valence-corrected chi connectivity index (χ2v) is 8.14. The SMILES string of the molecule is COc1cc(-c2nnc(SC(C)C(=O)Nc3ccc([N+](=O)[O-])cc3)n2C)cc(OC)c1OC. The van der Waals surface area contributed by atoms with Gasteiger partial charge in [0.25, 0.3) is 5.69 Å². The lowest BCUT2D eigenvalue weighted by Gasteiger charge is -2.14. The van der Waals surface area contributed by atoms with Crippen LogP contribution < -0.4 is 19.5 Å². The van der Waals surface area contributed by atoms with E-state index in [2.05, 4.69) is 15.5 Å². The zero-order chi connectivity index (χ0) is 24.1. The highest BCUT2D eigenvalue weighted by Crippen LogP contribution is 2.41. The van der Waals surface area contributed by atoms with Crippen LogP contribution >= 0.6 is 11.8 Å². The Labute approximate surface area is 194 Å². The number of ether oxygens (including phenoxy) is 3. The Morgan fingerprint density at radius 2 is 1.70 bits per heavy atom. The summed E-state index contributed by atoms with van der Waals surface area (Å²) in [4.78, 5) is 22.9. The highest BCUT2D eigenvalue weighted by molar-refractivity contribution is 8.00. The van der Waals surface area contributed by atoms with E-state index in [0.29, 0.717) is 39.5 Å². The summed E-state index contributed by atoms with van der Waals surface area (Å²) in [6.45, 7) is 1.74. The molecule has 0 aliphatic rings. The Kier molecular flexibility index (Phi) is 7.38. The average Bonchev–Trinajstić information content (AvgIpc) is 3.18. The van der Waals surface area contributed by atoms with Crippen LogP contribution in [-0.2, 0) is 11.8 Å². The first-order valence-electron chi connectivity index (χ1n) is 9.70. The number of nitro groups is 1. The van der Waals surface area contributed by atoms with E-state index in [1.54, 1.807) is 30.7 Å². The molecule has 1 unspecified atom stereocenters. The van der Waals surface area contributed by atoms with Crippen LogP contribution in [0.25, 0.3) is 11.4 Å². The zero-order valence-electron chi connectivity index (χ0n) is 18.7. The number of amides is 1. The van der Waals surface area contributed by atoms with Crippen LogP contribution in [-0.4, -0.2) is 52.2 Å². The van der Waals surface area contributed by atoms with Crippen LogP contribution in [0.1, 0.15) is 6.92 Å². The van der Waals surface area contributed by atoms with E-state index in [1.165, 1.54) is 57.4 Å². The quantitative estimate of drug-likeness (QED) is 0.282. The van der Waals surface area contributed by atoms with Crippen LogP contribution in [0.3, 0.4) is 0 Å². The Hall–Kier alpha value is -3.80. The maximum absolute atomic E-state index is 12.6. The van der Waals surface area contributed by atoms with E-state index >= 15 is 0 Å². The molecule has 0 saturated heterocycles. The second kappa shape index (κ2) is 10.2. The van der Waals surface area contributed by atoms with Gasteiger partial charge in [0, 0.05) is 30.4 Å². The van der Waals surface area contributed by atoms with Gasteiger partial charge in [-0.3, -0.25) is 14.9 Å². The number of nitrogens with one attached hydrogen (secondary N) is 1. The van der Waals surface area contributed by atoms with Crippen molar-refractivity contribution >= 4 is 29.0 Å². The molecule has 1 amide bonds. The lowest BCUT2D eigenvalue weighted by Crippen LogP contribution is -2.22. The summed E-state index contributed by atoms with van der Waals surface area (Å²) in [5, 5.41) is 22.0. The summed E-state index contributed by atoms with van der Waals surface area (Å²) in [5.41, 5.74) is 1.12. The number of methoxy groups -OCH3 is 3. The van der Waals surface area contributed by atoms with Gasteiger partial charge in [-0.2, -0.15) is 0 Å². The van der Waals surface area contributed by atoms with Gasteiger partial charge in [-0.1, -0.05) is 11.8 Å². The van der Waals surface area contributed by atoms with Crippen LogP contribution in [0.15, 0.2) is 41.6 Å². The highest BCUT2D eigenvalue weighted by atomic mass is 32.2. The fraction of sp³-hybridized carbons (Fsp3) is 0.286. The molecule has 1 atom stereocenters. The summed E-state index contributed by atoms with van der Waals surface area (Å²) in [7, 11) is 6.39. The lowest BCUT2D eigenvalue weighted by atomic mass is 10.1. The molecule has 0 bridgehead atoms. The molecule has 3 aromatic rings. The van der Waals surface area contributed by atoms with Crippen molar-refractivity contribution in [2.75, 3.05) is 26.6 Å². The molecule has 0 aliphatic carbocycles. The molecule has 0 spiro atoms. The molecule has 0 fully saturated rings. The number of aromatic nitrogens is 3. The molecule has 2 aromatic carbocycles. The van der Waals surface area contributed by atoms with Gasteiger partial charge < -0.3 is 24.1 Å². The molecule has 1 aromatic heterocycles. The van der Waals surface area contributed by atoms with Crippen molar-refractivity contribution in [2.24, 2.45) is 7.05 Å². The molecule has 0 radical (unpaired) electrons. The zero-order valence-corrected chi connectivity index (χ0v) is 19.5. The number of carbonyl (C=O) groups excluding carboxylic acids is 1. The summed E-state index contributed by atoms with van der Waals surface area (Å²) < 4.78 is 17.9. The highest BCUT2D eigenvalue weighted by Gasteiger charge is 2.22. The van der Waals surface area contributed by atoms with Crippen molar-refractivity contribution in [1.82, 2.24) is 14.8 Å². The number of anilines is 1. The normalized spacial score (nSPS) is 11.5. The molecule has 1 N–H and O–H groups in total. The van der Waals surface area contributed by atoms with Crippen LogP contribution in [0.2, 0.25) is 0 Å². The molecule has 33 heavy (non-hydrogen) atoms. The molecular weight excluding hydrogens is 450 g/mol. The first-order valence-corrected chi connectivity index (χ1v) is 10.6. The number of nitro benzene ring substituents is 1. The predicted molar refractivity (Wildman–Crippen MR) is 123 cm³/mol. The second-order valence-electron chi connectivity index (χ2n) is 6.83. The van der Waals surface area contributed by atoms with Crippen LogP contribution in [0.4, 0.5) is 11.4 Å². The summed E-state index contributed by atoms with van der Waals surface area (Å²) >= 11 is 1.23. The standard InChI is InChI=1S/C21H23N5O6S/c1-12(20(27)22-14-6-8-15(9-7-14)26(28)29)33-21-24-23-19(25(21)2)13-10-16(30-3)18(32-5)17(11-13)31-4/h6-12H,1-5H3,(H,22,27). The van der Waals surface area contributed by atoms with Gasteiger partial charge in [0.2, 0.25) is 11.7 Å². The minimum atomic E-state index is -0.504. The monoisotopic (exact) mass is 473 g/mol. The van der Waals surface area contributed by atoms with E-state index in [4.69, 9.17) is 14.2 Å². The molecule has 0 saturated carbocycles. The maximum Gasteiger partial charge on any atom is 0.269 e. The van der Waals surface area contributed by atoms with Crippen LogP contribution in [0.5, 0.6) is 17.2 Å². The largest absolute Gasteiger partial charge is 0.493 e. The number of non-ortho nitro benzene ring substituents is 1. The molecule has 12 heteroatoms. The first kappa shape index (κ1) is 23.9. The Bertz CT molecular complexity index is 1140. The lowest BCUT2D eigenvalue weighted by molar-refractivity contribution is -0.384. The summed E-state index contributed by atoms with van der Waals surface area (Å²) in [5.74, 6) is 1.72. The number of hydrogen-bond acceptors (Lipinski definition) is 9. The van der Waals surface area contributed by atoms with Crippen molar-refractivity contribution in [2.45, 2.75) is 17.3 Å². The first-order chi connectivity index (χ1) is 15.8. The Morgan fingerprint density at radius 1 is 1.09 bits per heavy atom. The number of nitrogens with zero attached hydrogens (tertiary/aromatic N) is 4. The van der Waals surface area contributed by atoms with Crippen molar-refractivity contribution in [3.05, 3.63) is 46.5 Å². The fourth-order valence-electron chi connectivity index (χ4n) is 3.00. The van der Waals surface area contributed by atoms with E-state index in [9.17, 15) is 14.9 Å². The predicted octanol–water partition coefficient (Wildman–Crippen LogP) is 3.54. The third-order valence-electron chi connectivity index (χ3n) is 4.75. The number of rotatable bonds is 9. The fourth-order valence-corrected chi connectivity index (χ4v) is 3.82. The number of benzene rings is 2. The minimum Gasteiger partial charge on any atom is -0.493 e. The van der Waals surface area contributed by atoms with Gasteiger partial charge in [-0.15, -0.1) is 10.2 Å². The molecular formula is C21H23N5O6S. The average molecular weight is 474 g/mol. The smallest absolute Gasteiger partial charge is 0.269 e. The van der Waals surface area contributed by atoms with Crippen molar-refractivity contribution < 1.29 is 23.9 Å². The van der Waals surface area contributed by atoms with E-state index in [-0.39, 0.29) is 11.6 Å². The Morgan fingerprint density at radius 3 is 2.21 bits per heavy atom.